The lowest BCUT2D eigenvalue weighted by Gasteiger charge is -2.35. The number of ether oxygens (including phenoxy) is 3. The van der Waals surface area contributed by atoms with E-state index in [0.717, 1.165) is 37.2 Å². The van der Waals surface area contributed by atoms with Gasteiger partial charge in [0, 0.05) is 46.9 Å². The predicted molar refractivity (Wildman–Crippen MR) is 113 cm³/mol. The molecule has 1 unspecified atom stereocenters. The second-order valence-corrected chi connectivity index (χ2v) is 7.12. The molecule has 0 aromatic heterocycles. The number of hydrogen-bond acceptors (Lipinski definition) is 5. The van der Waals surface area contributed by atoms with E-state index in [1.807, 2.05) is 0 Å². The largest absolute Gasteiger partial charge is 0.416 e. The highest BCUT2D eigenvalue weighted by Gasteiger charge is 2.31. The average molecular weight is 447 g/mol. The van der Waals surface area contributed by atoms with E-state index >= 15 is 0 Å². The third-order valence-electron chi connectivity index (χ3n) is 4.99. The van der Waals surface area contributed by atoms with Gasteiger partial charge in [-0.15, -0.1) is 0 Å². The first-order valence-corrected chi connectivity index (χ1v) is 10.5. The molecule has 0 aliphatic carbocycles. The lowest BCUT2D eigenvalue weighted by atomic mass is 10.0. The third kappa shape index (κ3) is 9.02. The number of alkyl halides is 3. The summed E-state index contributed by atoms with van der Waals surface area (Å²) in [5, 5.41) is 6.53. The molecule has 10 heteroatoms. The van der Waals surface area contributed by atoms with Crippen LogP contribution in [0.1, 0.15) is 23.6 Å². The number of morpholine rings is 1. The second kappa shape index (κ2) is 13.5. The Morgan fingerprint density at radius 2 is 1.84 bits per heavy atom. The molecule has 0 radical (unpaired) electrons. The van der Waals surface area contributed by atoms with Gasteiger partial charge in [0.25, 0.3) is 0 Å². The molecule has 0 amide bonds. The zero-order valence-electron chi connectivity index (χ0n) is 18.2. The van der Waals surface area contributed by atoms with Crippen molar-refractivity contribution >= 4 is 5.96 Å². The normalized spacial score (nSPS) is 16.9. The van der Waals surface area contributed by atoms with E-state index in [-0.39, 0.29) is 6.04 Å². The first kappa shape index (κ1) is 25.4. The van der Waals surface area contributed by atoms with Crippen LogP contribution in [0.15, 0.2) is 29.3 Å². The Morgan fingerprint density at radius 3 is 2.45 bits per heavy atom. The maximum Gasteiger partial charge on any atom is 0.416 e. The average Bonchev–Trinajstić information content (AvgIpc) is 2.77. The Balaban J connectivity index is 1.91. The molecular formula is C21H33F3N4O3. The number of aliphatic imine (C=N–C) groups is 1. The number of nitrogens with one attached hydrogen (secondary N) is 2. The van der Waals surface area contributed by atoms with Crippen LogP contribution in [0.3, 0.4) is 0 Å². The van der Waals surface area contributed by atoms with Crippen molar-refractivity contribution in [2.75, 3.05) is 73.4 Å². The number of benzene rings is 1. The van der Waals surface area contributed by atoms with Crippen molar-refractivity contribution in [1.29, 1.82) is 0 Å². The Hall–Kier alpha value is -1.88. The van der Waals surface area contributed by atoms with E-state index in [1.54, 1.807) is 26.3 Å². The van der Waals surface area contributed by atoms with Crippen LogP contribution in [0.4, 0.5) is 13.2 Å². The van der Waals surface area contributed by atoms with Gasteiger partial charge < -0.3 is 24.8 Å². The van der Waals surface area contributed by atoms with Crippen molar-refractivity contribution in [1.82, 2.24) is 15.5 Å². The predicted octanol–water partition coefficient (Wildman–Crippen LogP) is 2.30. The fourth-order valence-corrected chi connectivity index (χ4v) is 3.28. The molecule has 1 atom stereocenters. The van der Waals surface area contributed by atoms with Crippen molar-refractivity contribution in [3.63, 3.8) is 0 Å². The molecule has 0 saturated carbocycles. The molecule has 31 heavy (non-hydrogen) atoms. The van der Waals surface area contributed by atoms with E-state index in [4.69, 9.17) is 14.2 Å². The monoisotopic (exact) mass is 446 g/mol. The summed E-state index contributed by atoms with van der Waals surface area (Å²) in [5.74, 6) is 0.641. The highest BCUT2D eigenvalue weighted by atomic mass is 19.4. The molecule has 176 valence electrons. The molecule has 1 aromatic carbocycles. The van der Waals surface area contributed by atoms with Crippen LogP contribution in [0.25, 0.3) is 0 Å². The second-order valence-electron chi connectivity index (χ2n) is 7.12. The number of hydrogen-bond donors (Lipinski definition) is 2. The summed E-state index contributed by atoms with van der Waals surface area (Å²) in [6, 6.07) is 5.29. The van der Waals surface area contributed by atoms with Gasteiger partial charge in [-0.1, -0.05) is 12.1 Å². The lowest BCUT2D eigenvalue weighted by molar-refractivity contribution is -0.137. The molecular weight excluding hydrogens is 413 g/mol. The number of methoxy groups -OCH3 is 1. The van der Waals surface area contributed by atoms with E-state index in [2.05, 4.69) is 20.5 Å². The number of rotatable bonds is 11. The Bertz CT molecular complexity index is 650. The summed E-state index contributed by atoms with van der Waals surface area (Å²) in [7, 11) is 3.32. The fourth-order valence-electron chi connectivity index (χ4n) is 3.28. The molecule has 1 fully saturated rings. The summed E-state index contributed by atoms with van der Waals surface area (Å²) in [4.78, 5) is 6.45. The molecule has 1 aromatic rings. The smallest absolute Gasteiger partial charge is 0.382 e. The highest BCUT2D eigenvalue weighted by molar-refractivity contribution is 5.79. The molecule has 2 N–H and O–H groups in total. The molecule has 1 aliphatic rings. The van der Waals surface area contributed by atoms with Crippen molar-refractivity contribution < 1.29 is 27.4 Å². The lowest BCUT2D eigenvalue weighted by Crippen LogP contribution is -2.46. The minimum Gasteiger partial charge on any atom is -0.382 e. The quantitative estimate of drug-likeness (QED) is 0.309. The molecule has 7 nitrogen and oxygen atoms in total. The summed E-state index contributed by atoms with van der Waals surface area (Å²) in [6.45, 7) is 5.61. The Kier molecular flexibility index (Phi) is 11.1. The number of guanidine groups is 1. The third-order valence-corrected chi connectivity index (χ3v) is 4.99. The molecule has 1 aliphatic heterocycles. The minimum atomic E-state index is -4.34. The van der Waals surface area contributed by atoms with E-state index in [1.165, 1.54) is 0 Å². The summed E-state index contributed by atoms with van der Waals surface area (Å²) < 4.78 is 54.6. The maximum absolute atomic E-state index is 12.9. The number of halogens is 3. The van der Waals surface area contributed by atoms with Gasteiger partial charge in [-0.25, -0.2) is 0 Å². The molecule has 0 bridgehead atoms. The first-order chi connectivity index (χ1) is 15.0. The fraction of sp³-hybridized carbons (Fsp3) is 0.667. The van der Waals surface area contributed by atoms with Crippen LogP contribution in [-0.4, -0.2) is 84.2 Å². The maximum atomic E-state index is 12.9. The molecule has 2 rings (SSSR count). The Labute approximate surface area is 181 Å². The Morgan fingerprint density at radius 1 is 1.13 bits per heavy atom. The number of nitrogens with zero attached hydrogens (tertiary/aromatic N) is 2. The van der Waals surface area contributed by atoms with Crippen molar-refractivity contribution in [3.05, 3.63) is 35.4 Å². The van der Waals surface area contributed by atoms with Crippen LogP contribution < -0.4 is 10.6 Å². The van der Waals surface area contributed by atoms with E-state index in [9.17, 15) is 13.2 Å². The zero-order valence-corrected chi connectivity index (χ0v) is 18.2. The van der Waals surface area contributed by atoms with Crippen LogP contribution in [0.5, 0.6) is 0 Å². The van der Waals surface area contributed by atoms with Gasteiger partial charge in [-0.2, -0.15) is 13.2 Å². The van der Waals surface area contributed by atoms with Gasteiger partial charge in [0.05, 0.1) is 38.0 Å². The van der Waals surface area contributed by atoms with Gasteiger partial charge in [0.15, 0.2) is 5.96 Å². The summed E-state index contributed by atoms with van der Waals surface area (Å²) >= 11 is 0. The summed E-state index contributed by atoms with van der Waals surface area (Å²) in [5.41, 5.74) is 0.180. The van der Waals surface area contributed by atoms with E-state index < -0.39 is 11.7 Å². The van der Waals surface area contributed by atoms with Crippen LogP contribution in [0, 0.1) is 0 Å². The van der Waals surface area contributed by atoms with Gasteiger partial charge in [-0.05, 0) is 24.1 Å². The first-order valence-electron chi connectivity index (χ1n) is 10.5. The minimum absolute atomic E-state index is 0.0953. The van der Waals surface area contributed by atoms with Crippen LogP contribution in [-0.2, 0) is 20.4 Å². The van der Waals surface area contributed by atoms with Crippen molar-refractivity contribution in [2.45, 2.75) is 18.6 Å². The topological polar surface area (TPSA) is 67.4 Å². The van der Waals surface area contributed by atoms with Crippen molar-refractivity contribution in [3.8, 4) is 0 Å². The van der Waals surface area contributed by atoms with Crippen molar-refractivity contribution in [2.24, 2.45) is 4.99 Å². The SMILES string of the molecule is CN=C(NCCCOCCOC)NCC(c1ccc(C(F)(F)F)cc1)N1CCOCC1. The highest BCUT2D eigenvalue weighted by Crippen LogP contribution is 2.31. The van der Waals surface area contributed by atoms with Gasteiger partial charge in [0.1, 0.15) is 0 Å². The molecule has 1 saturated heterocycles. The molecule has 1 heterocycles. The molecule has 0 spiro atoms. The van der Waals surface area contributed by atoms with Gasteiger partial charge in [-0.3, -0.25) is 9.89 Å². The van der Waals surface area contributed by atoms with E-state index in [0.29, 0.717) is 52.1 Å². The van der Waals surface area contributed by atoms with Crippen LogP contribution in [0.2, 0.25) is 0 Å². The standard InChI is InChI=1S/C21H33F3N4O3/c1-25-20(26-8-3-11-30-15-14-29-2)27-16-19(28-9-12-31-13-10-28)17-4-6-18(7-5-17)21(22,23)24/h4-7,19H,3,8-16H2,1-2H3,(H2,25,26,27). The zero-order chi connectivity index (χ0) is 22.5. The van der Waals surface area contributed by atoms with Gasteiger partial charge >= 0.3 is 6.18 Å². The summed E-state index contributed by atoms with van der Waals surface area (Å²) in [6.07, 6.45) is -3.53. The van der Waals surface area contributed by atoms with Gasteiger partial charge in [0.2, 0.25) is 0 Å². The van der Waals surface area contributed by atoms with Crippen LogP contribution >= 0.6 is 0 Å².